The topological polar surface area (TPSA) is 102 Å². The van der Waals surface area contributed by atoms with Crippen molar-refractivity contribution in [3.8, 4) is 0 Å². The van der Waals surface area contributed by atoms with Crippen LogP contribution in [0, 0.1) is 0 Å². The molecule has 1 amide bonds. The quantitative estimate of drug-likeness (QED) is 0.327. The molecule has 0 radical (unpaired) electrons. The Hall–Kier alpha value is -1.92. The number of amides is 1. The second-order valence-corrected chi connectivity index (χ2v) is 5.58. The van der Waals surface area contributed by atoms with E-state index in [4.69, 9.17) is 15.7 Å². The van der Waals surface area contributed by atoms with E-state index in [2.05, 4.69) is 0 Å². The van der Waals surface area contributed by atoms with Crippen LogP contribution in [0.15, 0.2) is 30.3 Å². The van der Waals surface area contributed by atoms with Crippen LogP contribution in [0.2, 0.25) is 0 Å². The van der Waals surface area contributed by atoms with E-state index in [1.807, 2.05) is 0 Å². The molecule has 0 bridgehead atoms. The highest BCUT2D eigenvalue weighted by atomic mass is 16.6. The van der Waals surface area contributed by atoms with Gasteiger partial charge in [-0.3, -0.25) is 10.0 Å². The van der Waals surface area contributed by atoms with Gasteiger partial charge in [0.1, 0.15) is 5.60 Å². The Morgan fingerprint density at radius 3 is 2.25 bits per heavy atom. The maximum absolute atomic E-state index is 12.2. The van der Waals surface area contributed by atoms with E-state index in [0.29, 0.717) is 5.56 Å². The average Bonchev–Trinajstić information content (AvgIpc) is 2.36. The van der Waals surface area contributed by atoms with E-state index in [0.717, 1.165) is 0 Å². The molecule has 6 nitrogen and oxygen atoms in total. The summed E-state index contributed by atoms with van der Waals surface area (Å²) in [5, 5.41) is 8.81. The molecule has 20 heavy (non-hydrogen) atoms. The van der Waals surface area contributed by atoms with Gasteiger partial charge in [0.25, 0.3) is 5.91 Å². The summed E-state index contributed by atoms with van der Waals surface area (Å²) in [6.45, 7) is 5.01. The summed E-state index contributed by atoms with van der Waals surface area (Å²) in [4.78, 5) is 23.9. The zero-order valence-corrected chi connectivity index (χ0v) is 11.8. The number of hydroxylamine groups is 1. The molecule has 1 aromatic rings. The summed E-state index contributed by atoms with van der Waals surface area (Å²) < 4.78 is 5.16. The lowest BCUT2D eigenvalue weighted by Crippen LogP contribution is -2.62. The zero-order chi connectivity index (χ0) is 15.4. The maximum atomic E-state index is 12.2. The highest BCUT2D eigenvalue weighted by Crippen LogP contribution is 2.18. The van der Waals surface area contributed by atoms with Gasteiger partial charge in [0.05, 0.1) is 0 Å². The van der Waals surface area contributed by atoms with Crippen molar-refractivity contribution in [3.05, 3.63) is 35.9 Å². The number of nitrogens with two attached hydrogens (primary N) is 1. The number of benzene rings is 1. The van der Waals surface area contributed by atoms with Crippen LogP contribution in [0.4, 0.5) is 0 Å². The first-order valence-corrected chi connectivity index (χ1v) is 6.20. The molecule has 0 aliphatic carbocycles. The van der Waals surface area contributed by atoms with Crippen LogP contribution in [0.1, 0.15) is 26.3 Å². The third-order valence-electron chi connectivity index (χ3n) is 2.60. The fourth-order valence-electron chi connectivity index (χ4n) is 1.63. The SMILES string of the molecule is CC(C)(C)OC(=O)C(N)(Cc1ccccc1)C(=O)NO. The van der Waals surface area contributed by atoms with Crippen molar-refractivity contribution in [3.63, 3.8) is 0 Å². The highest BCUT2D eigenvalue weighted by molar-refractivity contribution is 6.07. The van der Waals surface area contributed by atoms with Crippen molar-refractivity contribution >= 4 is 11.9 Å². The number of hydrogen-bond acceptors (Lipinski definition) is 5. The van der Waals surface area contributed by atoms with E-state index >= 15 is 0 Å². The number of hydrogen-bond donors (Lipinski definition) is 3. The Morgan fingerprint density at radius 2 is 1.80 bits per heavy atom. The molecule has 1 atom stereocenters. The van der Waals surface area contributed by atoms with Gasteiger partial charge in [-0.1, -0.05) is 30.3 Å². The van der Waals surface area contributed by atoms with Gasteiger partial charge >= 0.3 is 5.97 Å². The molecular weight excluding hydrogens is 260 g/mol. The summed E-state index contributed by atoms with van der Waals surface area (Å²) in [7, 11) is 0. The van der Waals surface area contributed by atoms with Gasteiger partial charge in [-0.05, 0) is 26.3 Å². The minimum atomic E-state index is -1.98. The lowest BCUT2D eigenvalue weighted by molar-refractivity contribution is -0.166. The molecule has 6 heteroatoms. The second-order valence-electron chi connectivity index (χ2n) is 5.58. The minimum Gasteiger partial charge on any atom is -0.458 e. The van der Waals surface area contributed by atoms with Gasteiger partial charge in [-0.15, -0.1) is 0 Å². The van der Waals surface area contributed by atoms with Crippen molar-refractivity contribution < 1.29 is 19.5 Å². The summed E-state index contributed by atoms with van der Waals surface area (Å²) in [6, 6.07) is 8.80. The molecule has 0 spiro atoms. The molecule has 0 saturated carbocycles. The monoisotopic (exact) mass is 280 g/mol. The van der Waals surface area contributed by atoms with E-state index in [-0.39, 0.29) is 6.42 Å². The first-order valence-electron chi connectivity index (χ1n) is 6.20. The molecule has 0 heterocycles. The van der Waals surface area contributed by atoms with Crippen molar-refractivity contribution in [2.45, 2.75) is 38.3 Å². The van der Waals surface area contributed by atoms with Crippen LogP contribution in [0.5, 0.6) is 0 Å². The Bertz CT molecular complexity index is 482. The maximum Gasteiger partial charge on any atom is 0.336 e. The summed E-state index contributed by atoms with van der Waals surface area (Å²) in [6.07, 6.45) is -0.0743. The Balaban J connectivity index is 3.04. The average molecular weight is 280 g/mol. The van der Waals surface area contributed by atoms with Gasteiger partial charge in [0.2, 0.25) is 0 Å². The molecule has 0 aliphatic rings. The van der Waals surface area contributed by atoms with Gasteiger partial charge in [-0.2, -0.15) is 0 Å². The number of carbonyl (C=O) groups is 2. The molecule has 0 aliphatic heterocycles. The molecular formula is C14H20N2O4. The Kier molecular flexibility index (Phi) is 4.86. The number of rotatable bonds is 4. The molecule has 1 rings (SSSR count). The fraction of sp³-hybridized carbons (Fsp3) is 0.429. The third kappa shape index (κ3) is 4.04. The lowest BCUT2D eigenvalue weighted by atomic mass is 9.90. The Labute approximate surface area is 117 Å². The summed E-state index contributed by atoms with van der Waals surface area (Å²) >= 11 is 0. The Morgan fingerprint density at radius 1 is 1.25 bits per heavy atom. The van der Waals surface area contributed by atoms with Gasteiger partial charge in [0.15, 0.2) is 5.54 Å². The molecule has 0 aromatic heterocycles. The largest absolute Gasteiger partial charge is 0.458 e. The van der Waals surface area contributed by atoms with Crippen molar-refractivity contribution in [1.29, 1.82) is 0 Å². The van der Waals surface area contributed by atoms with Crippen molar-refractivity contribution in [2.75, 3.05) is 0 Å². The van der Waals surface area contributed by atoms with Crippen LogP contribution in [-0.4, -0.2) is 28.2 Å². The standard InChI is InChI=1S/C14H20N2O4/c1-13(2,3)20-12(18)14(15,11(17)16-19)9-10-7-5-4-6-8-10/h4-8,19H,9,15H2,1-3H3,(H,16,17). The summed E-state index contributed by atoms with van der Waals surface area (Å²) in [5.74, 6) is -1.89. The van der Waals surface area contributed by atoms with E-state index in [1.165, 1.54) is 5.48 Å². The number of esters is 1. The molecule has 4 N–H and O–H groups in total. The third-order valence-corrected chi connectivity index (χ3v) is 2.60. The van der Waals surface area contributed by atoms with Crippen LogP contribution in [0.25, 0.3) is 0 Å². The number of ether oxygens (including phenoxy) is 1. The summed E-state index contributed by atoms with van der Waals surface area (Å²) in [5.41, 5.74) is 5.23. The predicted molar refractivity (Wildman–Crippen MR) is 72.8 cm³/mol. The number of nitrogens with one attached hydrogen (secondary N) is 1. The van der Waals surface area contributed by atoms with Gasteiger partial charge in [-0.25, -0.2) is 10.3 Å². The van der Waals surface area contributed by atoms with Crippen LogP contribution in [-0.2, 0) is 20.7 Å². The molecule has 0 fully saturated rings. The van der Waals surface area contributed by atoms with Crippen LogP contribution >= 0.6 is 0 Å². The molecule has 0 saturated heterocycles. The molecule has 110 valence electrons. The highest BCUT2D eigenvalue weighted by Gasteiger charge is 2.45. The predicted octanol–water partition coefficient (Wildman–Crippen LogP) is 0.774. The second kappa shape index (κ2) is 6.02. The number of carbonyl (C=O) groups excluding carboxylic acids is 2. The van der Waals surface area contributed by atoms with Gasteiger partial charge < -0.3 is 10.5 Å². The van der Waals surface area contributed by atoms with Crippen LogP contribution < -0.4 is 11.2 Å². The lowest BCUT2D eigenvalue weighted by Gasteiger charge is -2.29. The van der Waals surface area contributed by atoms with E-state index in [9.17, 15) is 9.59 Å². The fourth-order valence-corrected chi connectivity index (χ4v) is 1.63. The molecule has 1 aromatic carbocycles. The van der Waals surface area contributed by atoms with Gasteiger partial charge in [0, 0.05) is 6.42 Å². The van der Waals surface area contributed by atoms with E-state index in [1.54, 1.807) is 51.1 Å². The van der Waals surface area contributed by atoms with Crippen molar-refractivity contribution in [1.82, 2.24) is 5.48 Å². The zero-order valence-electron chi connectivity index (χ0n) is 11.8. The first-order chi connectivity index (χ1) is 9.19. The first kappa shape index (κ1) is 16.1. The van der Waals surface area contributed by atoms with E-state index < -0.39 is 23.0 Å². The van der Waals surface area contributed by atoms with Crippen LogP contribution in [0.3, 0.4) is 0 Å². The van der Waals surface area contributed by atoms with Crippen molar-refractivity contribution in [2.24, 2.45) is 5.73 Å². The smallest absolute Gasteiger partial charge is 0.336 e. The minimum absolute atomic E-state index is 0.0743. The molecule has 1 unspecified atom stereocenters. The normalized spacial score (nSPS) is 14.2.